The lowest BCUT2D eigenvalue weighted by molar-refractivity contribution is 0.627. The summed E-state index contributed by atoms with van der Waals surface area (Å²) in [6.07, 6.45) is 0. The normalized spacial score (nSPS) is 9.50. The molecule has 0 fully saturated rings. The number of nitrogens with zero attached hydrogens (tertiary/aromatic N) is 1. The van der Waals surface area contributed by atoms with Crippen LogP contribution in [0.1, 0.15) is 0 Å². The van der Waals surface area contributed by atoms with Crippen LogP contribution in [0.5, 0.6) is 0 Å². The Morgan fingerprint density at radius 2 is 2.20 bits per heavy atom. The van der Waals surface area contributed by atoms with Gasteiger partial charge in [-0.3, -0.25) is 0 Å². The second-order valence-corrected chi connectivity index (χ2v) is 2.29. The summed E-state index contributed by atoms with van der Waals surface area (Å²) in [7, 11) is 3.70. The van der Waals surface area contributed by atoms with Crippen molar-refractivity contribution in [1.29, 1.82) is 0 Å². The summed E-state index contributed by atoms with van der Waals surface area (Å²) >= 11 is 0. The summed E-state index contributed by atoms with van der Waals surface area (Å²) in [4.78, 5) is 1.81. The SMILES string of the molecule is CN(C)c1[c]ccc(F)c1. The van der Waals surface area contributed by atoms with Crippen molar-refractivity contribution < 1.29 is 4.39 Å². The topological polar surface area (TPSA) is 3.24 Å². The minimum atomic E-state index is -0.220. The Balaban J connectivity index is 2.96. The number of anilines is 1. The molecular formula is C8H9FN. The molecule has 0 heterocycles. The first-order chi connectivity index (χ1) is 4.70. The van der Waals surface area contributed by atoms with Crippen LogP contribution in [0.2, 0.25) is 0 Å². The molecule has 1 aromatic carbocycles. The third-order valence-corrected chi connectivity index (χ3v) is 1.23. The van der Waals surface area contributed by atoms with Gasteiger partial charge in [0.15, 0.2) is 0 Å². The van der Waals surface area contributed by atoms with Crippen LogP contribution in [0.3, 0.4) is 0 Å². The van der Waals surface area contributed by atoms with Crippen LogP contribution in [-0.2, 0) is 0 Å². The van der Waals surface area contributed by atoms with Crippen LogP contribution >= 0.6 is 0 Å². The summed E-state index contributed by atoms with van der Waals surface area (Å²) in [5.41, 5.74) is 0.764. The van der Waals surface area contributed by atoms with E-state index in [0.717, 1.165) is 5.69 Å². The lowest BCUT2D eigenvalue weighted by atomic mass is 10.3. The molecule has 0 aliphatic heterocycles. The second kappa shape index (κ2) is 2.69. The summed E-state index contributed by atoms with van der Waals surface area (Å²) in [6, 6.07) is 7.30. The van der Waals surface area contributed by atoms with Gasteiger partial charge in [-0.15, -0.1) is 0 Å². The predicted octanol–water partition coefficient (Wildman–Crippen LogP) is 1.69. The zero-order valence-corrected chi connectivity index (χ0v) is 6.06. The Kier molecular flexibility index (Phi) is 1.90. The Morgan fingerprint density at radius 1 is 1.50 bits per heavy atom. The fourth-order valence-corrected chi connectivity index (χ4v) is 0.685. The van der Waals surface area contributed by atoms with E-state index in [4.69, 9.17) is 0 Å². The maximum absolute atomic E-state index is 12.5. The molecule has 53 valence electrons. The van der Waals surface area contributed by atoms with E-state index < -0.39 is 0 Å². The standard InChI is InChI=1S/C8H9FN/c1-10(2)8-5-3-4-7(9)6-8/h3-4,6H,1-2H3. The van der Waals surface area contributed by atoms with Crippen LogP contribution in [0, 0.1) is 11.9 Å². The molecule has 1 nitrogen and oxygen atoms in total. The molecule has 0 aliphatic rings. The van der Waals surface area contributed by atoms with Crippen LogP contribution in [-0.4, -0.2) is 14.1 Å². The fraction of sp³-hybridized carbons (Fsp3) is 0.250. The molecule has 0 saturated heterocycles. The molecule has 0 N–H and O–H groups in total. The minimum absolute atomic E-state index is 0.220. The number of hydrogen-bond acceptors (Lipinski definition) is 1. The molecule has 2 heteroatoms. The van der Waals surface area contributed by atoms with E-state index in [1.54, 1.807) is 6.07 Å². The summed E-state index contributed by atoms with van der Waals surface area (Å²) < 4.78 is 12.5. The van der Waals surface area contributed by atoms with Gasteiger partial charge in [0, 0.05) is 25.8 Å². The molecule has 0 aliphatic carbocycles. The quantitative estimate of drug-likeness (QED) is 0.570. The molecule has 10 heavy (non-hydrogen) atoms. The smallest absolute Gasteiger partial charge is 0.125 e. The number of rotatable bonds is 1. The molecule has 0 saturated carbocycles. The van der Waals surface area contributed by atoms with Crippen molar-refractivity contribution in [2.24, 2.45) is 0 Å². The van der Waals surface area contributed by atoms with Gasteiger partial charge in [-0.1, -0.05) is 0 Å². The van der Waals surface area contributed by atoms with Crippen LogP contribution in [0.25, 0.3) is 0 Å². The van der Waals surface area contributed by atoms with Crippen molar-refractivity contribution in [3.8, 4) is 0 Å². The molecule has 0 amide bonds. The first-order valence-electron chi connectivity index (χ1n) is 3.05. The number of halogens is 1. The van der Waals surface area contributed by atoms with E-state index in [-0.39, 0.29) is 5.82 Å². The third-order valence-electron chi connectivity index (χ3n) is 1.23. The van der Waals surface area contributed by atoms with E-state index in [2.05, 4.69) is 6.07 Å². The maximum Gasteiger partial charge on any atom is 0.125 e. The maximum atomic E-state index is 12.5. The minimum Gasteiger partial charge on any atom is -0.377 e. The van der Waals surface area contributed by atoms with Crippen molar-refractivity contribution in [3.63, 3.8) is 0 Å². The van der Waals surface area contributed by atoms with Gasteiger partial charge in [0.05, 0.1) is 0 Å². The first kappa shape index (κ1) is 7.06. The Hall–Kier alpha value is -1.05. The Labute approximate surface area is 60.1 Å². The largest absolute Gasteiger partial charge is 0.377 e. The van der Waals surface area contributed by atoms with Gasteiger partial charge in [0.25, 0.3) is 0 Å². The highest BCUT2D eigenvalue weighted by molar-refractivity contribution is 5.43. The number of benzene rings is 1. The molecule has 1 aromatic rings. The van der Waals surface area contributed by atoms with Crippen molar-refractivity contribution >= 4 is 5.69 Å². The van der Waals surface area contributed by atoms with Crippen LogP contribution in [0.15, 0.2) is 18.2 Å². The second-order valence-electron chi connectivity index (χ2n) is 2.29. The molecule has 0 aromatic heterocycles. The summed E-state index contributed by atoms with van der Waals surface area (Å²) in [5, 5.41) is 0. The first-order valence-corrected chi connectivity index (χ1v) is 3.05. The fourth-order valence-electron chi connectivity index (χ4n) is 0.685. The van der Waals surface area contributed by atoms with E-state index in [1.807, 2.05) is 19.0 Å². The molecule has 0 unspecified atom stereocenters. The van der Waals surface area contributed by atoms with Crippen molar-refractivity contribution in [3.05, 3.63) is 30.1 Å². The molecule has 0 spiro atoms. The lowest BCUT2D eigenvalue weighted by Gasteiger charge is -2.10. The van der Waals surface area contributed by atoms with Gasteiger partial charge < -0.3 is 4.90 Å². The average molecular weight is 138 g/mol. The van der Waals surface area contributed by atoms with Gasteiger partial charge in [0.1, 0.15) is 5.82 Å². The Morgan fingerprint density at radius 3 is 2.60 bits per heavy atom. The monoisotopic (exact) mass is 138 g/mol. The van der Waals surface area contributed by atoms with E-state index in [0.29, 0.717) is 0 Å². The van der Waals surface area contributed by atoms with Crippen molar-refractivity contribution in [2.45, 2.75) is 0 Å². The Bertz CT molecular complexity index is 220. The van der Waals surface area contributed by atoms with Gasteiger partial charge in [-0.25, -0.2) is 4.39 Å². The predicted molar refractivity (Wildman–Crippen MR) is 39.6 cm³/mol. The molecule has 1 rings (SSSR count). The molecular weight excluding hydrogens is 129 g/mol. The average Bonchev–Trinajstić information content (AvgIpc) is 1.88. The number of hydrogen-bond donors (Lipinski definition) is 0. The van der Waals surface area contributed by atoms with Gasteiger partial charge in [0.2, 0.25) is 0 Å². The zero-order chi connectivity index (χ0) is 7.56. The highest BCUT2D eigenvalue weighted by Crippen LogP contribution is 2.10. The van der Waals surface area contributed by atoms with E-state index in [9.17, 15) is 4.39 Å². The van der Waals surface area contributed by atoms with E-state index in [1.165, 1.54) is 12.1 Å². The van der Waals surface area contributed by atoms with Crippen LogP contribution < -0.4 is 4.90 Å². The molecule has 0 atom stereocenters. The van der Waals surface area contributed by atoms with Crippen LogP contribution in [0.4, 0.5) is 10.1 Å². The zero-order valence-electron chi connectivity index (χ0n) is 6.06. The van der Waals surface area contributed by atoms with Crippen molar-refractivity contribution in [1.82, 2.24) is 0 Å². The van der Waals surface area contributed by atoms with E-state index >= 15 is 0 Å². The highest BCUT2D eigenvalue weighted by atomic mass is 19.1. The molecule has 0 bridgehead atoms. The van der Waals surface area contributed by atoms with Gasteiger partial charge in [-0.05, 0) is 18.2 Å². The summed E-state index contributed by atoms with van der Waals surface area (Å²) in [6.45, 7) is 0. The highest BCUT2D eigenvalue weighted by Gasteiger charge is 1.94. The van der Waals surface area contributed by atoms with Gasteiger partial charge in [-0.2, -0.15) is 0 Å². The van der Waals surface area contributed by atoms with Crippen molar-refractivity contribution in [2.75, 3.05) is 19.0 Å². The molecule has 1 radical (unpaired) electrons. The van der Waals surface area contributed by atoms with Gasteiger partial charge >= 0.3 is 0 Å². The lowest BCUT2D eigenvalue weighted by Crippen LogP contribution is -2.08. The summed E-state index contributed by atoms with van der Waals surface area (Å²) in [5.74, 6) is -0.220. The third kappa shape index (κ3) is 1.47.